The Morgan fingerprint density at radius 3 is 2.59 bits per heavy atom. The zero-order chi connectivity index (χ0) is 15.5. The van der Waals surface area contributed by atoms with Crippen molar-refractivity contribution in [3.05, 3.63) is 66.1 Å². The highest BCUT2D eigenvalue weighted by molar-refractivity contribution is 5.64. The number of benzene rings is 2. The first-order valence-corrected chi connectivity index (χ1v) is 6.91. The van der Waals surface area contributed by atoms with E-state index in [1.54, 1.807) is 16.8 Å². The number of halogens is 1. The van der Waals surface area contributed by atoms with Gasteiger partial charge in [-0.3, -0.25) is 0 Å². The molecular formula is C17H16FN3O. The Balaban J connectivity index is 2.07. The minimum Gasteiger partial charge on any atom is -0.494 e. The van der Waals surface area contributed by atoms with Gasteiger partial charge in [0.2, 0.25) is 0 Å². The largest absolute Gasteiger partial charge is 0.494 e. The summed E-state index contributed by atoms with van der Waals surface area (Å²) in [6.07, 6.45) is 1.87. The van der Waals surface area contributed by atoms with E-state index < -0.39 is 5.82 Å². The lowest BCUT2D eigenvalue weighted by atomic mass is 10.1. The smallest absolute Gasteiger partial charge is 0.165 e. The van der Waals surface area contributed by atoms with Crippen molar-refractivity contribution in [2.24, 2.45) is 5.73 Å². The third-order valence-corrected chi connectivity index (χ3v) is 3.46. The van der Waals surface area contributed by atoms with Crippen LogP contribution in [0.4, 0.5) is 4.39 Å². The zero-order valence-electron chi connectivity index (χ0n) is 12.2. The van der Waals surface area contributed by atoms with Crippen LogP contribution in [0.15, 0.2) is 54.7 Å². The molecule has 2 aromatic carbocycles. The van der Waals surface area contributed by atoms with Gasteiger partial charge in [0.05, 0.1) is 18.5 Å². The second-order valence-electron chi connectivity index (χ2n) is 4.84. The van der Waals surface area contributed by atoms with Crippen LogP contribution in [-0.2, 0) is 6.54 Å². The Morgan fingerprint density at radius 2 is 1.95 bits per heavy atom. The van der Waals surface area contributed by atoms with Crippen molar-refractivity contribution in [3.63, 3.8) is 0 Å². The number of nitrogens with two attached hydrogens (primary N) is 1. The number of hydrogen-bond donors (Lipinski definition) is 1. The lowest BCUT2D eigenvalue weighted by molar-refractivity contribution is 0.386. The first-order valence-electron chi connectivity index (χ1n) is 6.91. The van der Waals surface area contributed by atoms with E-state index in [-0.39, 0.29) is 5.75 Å². The molecule has 0 spiro atoms. The molecule has 112 valence electrons. The lowest BCUT2D eigenvalue weighted by Gasteiger charge is -2.04. The molecule has 0 amide bonds. The van der Waals surface area contributed by atoms with Crippen molar-refractivity contribution in [3.8, 4) is 22.7 Å². The first kappa shape index (κ1) is 14.3. The summed E-state index contributed by atoms with van der Waals surface area (Å²) >= 11 is 0. The van der Waals surface area contributed by atoms with Gasteiger partial charge in [0, 0.05) is 23.9 Å². The summed E-state index contributed by atoms with van der Waals surface area (Å²) in [5.41, 5.74) is 8.93. The van der Waals surface area contributed by atoms with Gasteiger partial charge in [-0.2, -0.15) is 5.10 Å². The van der Waals surface area contributed by atoms with E-state index in [1.165, 1.54) is 13.2 Å². The van der Waals surface area contributed by atoms with Crippen molar-refractivity contribution < 1.29 is 9.13 Å². The van der Waals surface area contributed by atoms with E-state index >= 15 is 0 Å². The molecular weight excluding hydrogens is 281 g/mol. The van der Waals surface area contributed by atoms with Crippen LogP contribution in [0.5, 0.6) is 5.75 Å². The Labute approximate surface area is 128 Å². The second kappa shape index (κ2) is 5.99. The van der Waals surface area contributed by atoms with Gasteiger partial charge in [0.1, 0.15) is 0 Å². The predicted octanol–water partition coefficient (Wildman–Crippen LogP) is 3.15. The number of ether oxygens (including phenoxy) is 1. The van der Waals surface area contributed by atoms with Gasteiger partial charge >= 0.3 is 0 Å². The molecule has 1 heterocycles. The van der Waals surface area contributed by atoms with Crippen molar-refractivity contribution in [2.45, 2.75) is 6.54 Å². The normalized spacial score (nSPS) is 10.7. The number of rotatable bonds is 4. The highest BCUT2D eigenvalue weighted by Crippen LogP contribution is 2.27. The van der Waals surface area contributed by atoms with Crippen LogP contribution >= 0.6 is 0 Å². The fraction of sp³-hybridized carbons (Fsp3) is 0.118. The van der Waals surface area contributed by atoms with Crippen molar-refractivity contribution in [2.75, 3.05) is 7.11 Å². The highest BCUT2D eigenvalue weighted by Gasteiger charge is 2.13. The SMILES string of the molecule is COc1ccc(-c2nn(-c3ccccc3)cc2CN)cc1F. The fourth-order valence-corrected chi connectivity index (χ4v) is 2.33. The van der Waals surface area contributed by atoms with Crippen LogP contribution in [0.1, 0.15) is 5.56 Å². The molecule has 2 N–H and O–H groups in total. The Morgan fingerprint density at radius 1 is 1.18 bits per heavy atom. The Kier molecular flexibility index (Phi) is 3.89. The quantitative estimate of drug-likeness (QED) is 0.805. The van der Waals surface area contributed by atoms with Crippen LogP contribution in [-0.4, -0.2) is 16.9 Å². The molecule has 0 aliphatic heterocycles. The van der Waals surface area contributed by atoms with E-state index in [2.05, 4.69) is 5.10 Å². The number of hydrogen-bond acceptors (Lipinski definition) is 3. The Hall–Kier alpha value is -2.66. The maximum Gasteiger partial charge on any atom is 0.165 e. The monoisotopic (exact) mass is 297 g/mol. The topological polar surface area (TPSA) is 53.1 Å². The van der Waals surface area contributed by atoms with E-state index in [9.17, 15) is 4.39 Å². The summed E-state index contributed by atoms with van der Waals surface area (Å²) < 4.78 is 20.6. The molecule has 0 bridgehead atoms. The van der Waals surface area contributed by atoms with Crippen molar-refractivity contribution in [1.29, 1.82) is 0 Å². The summed E-state index contributed by atoms with van der Waals surface area (Å²) in [6, 6.07) is 14.5. The number of para-hydroxylation sites is 1. The maximum atomic E-state index is 13.9. The van der Waals surface area contributed by atoms with Crippen LogP contribution in [0.25, 0.3) is 16.9 Å². The Bertz CT molecular complexity index is 784. The first-order chi connectivity index (χ1) is 10.7. The summed E-state index contributed by atoms with van der Waals surface area (Å²) in [6.45, 7) is 0.329. The van der Waals surface area contributed by atoms with Gasteiger partial charge < -0.3 is 10.5 Å². The average molecular weight is 297 g/mol. The van der Waals surface area contributed by atoms with E-state index in [1.807, 2.05) is 36.5 Å². The molecule has 5 heteroatoms. The van der Waals surface area contributed by atoms with Gasteiger partial charge in [0.15, 0.2) is 11.6 Å². The van der Waals surface area contributed by atoms with Gasteiger partial charge in [0.25, 0.3) is 0 Å². The fourth-order valence-electron chi connectivity index (χ4n) is 2.33. The summed E-state index contributed by atoms with van der Waals surface area (Å²) in [7, 11) is 1.44. The minimum atomic E-state index is -0.419. The molecule has 0 unspecified atom stereocenters. The molecule has 0 atom stereocenters. The molecule has 0 fully saturated rings. The molecule has 0 aliphatic rings. The minimum absolute atomic E-state index is 0.209. The number of methoxy groups -OCH3 is 1. The molecule has 4 nitrogen and oxygen atoms in total. The summed E-state index contributed by atoms with van der Waals surface area (Å²) in [5, 5.41) is 4.55. The lowest BCUT2D eigenvalue weighted by Crippen LogP contribution is -1.97. The van der Waals surface area contributed by atoms with Crippen LogP contribution < -0.4 is 10.5 Å². The highest BCUT2D eigenvalue weighted by atomic mass is 19.1. The zero-order valence-corrected chi connectivity index (χ0v) is 12.2. The third-order valence-electron chi connectivity index (χ3n) is 3.46. The summed E-state index contributed by atoms with van der Waals surface area (Å²) in [5.74, 6) is -0.210. The van der Waals surface area contributed by atoms with Gasteiger partial charge in [-0.25, -0.2) is 9.07 Å². The third kappa shape index (κ3) is 2.58. The van der Waals surface area contributed by atoms with E-state index in [0.29, 0.717) is 17.8 Å². The van der Waals surface area contributed by atoms with Crippen molar-refractivity contribution >= 4 is 0 Å². The van der Waals surface area contributed by atoms with Crippen molar-refractivity contribution in [1.82, 2.24) is 9.78 Å². The van der Waals surface area contributed by atoms with Crippen LogP contribution in [0.2, 0.25) is 0 Å². The molecule has 0 saturated carbocycles. The van der Waals surface area contributed by atoms with Crippen LogP contribution in [0.3, 0.4) is 0 Å². The van der Waals surface area contributed by atoms with Gasteiger partial charge in [-0.15, -0.1) is 0 Å². The molecule has 1 aromatic heterocycles. The molecule has 0 saturated heterocycles. The average Bonchev–Trinajstić information content (AvgIpc) is 3.00. The number of nitrogens with zero attached hydrogens (tertiary/aromatic N) is 2. The van der Waals surface area contributed by atoms with E-state index in [4.69, 9.17) is 10.5 Å². The van der Waals surface area contributed by atoms with Crippen LogP contribution in [0, 0.1) is 5.82 Å². The van der Waals surface area contributed by atoms with E-state index in [0.717, 1.165) is 11.3 Å². The second-order valence-corrected chi connectivity index (χ2v) is 4.84. The van der Waals surface area contributed by atoms with Gasteiger partial charge in [-0.1, -0.05) is 18.2 Å². The maximum absolute atomic E-state index is 13.9. The molecule has 3 rings (SSSR count). The molecule has 0 aliphatic carbocycles. The predicted molar refractivity (Wildman–Crippen MR) is 83.4 cm³/mol. The molecule has 22 heavy (non-hydrogen) atoms. The van der Waals surface area contributed by atoms with Gasteiger partial charge in [-0.05, 0) is 30.3 Å². The summed E-state index contributed by atoms with van der Waals surface area (Å²) in [4.78, 5) is 0. The molecule has 3 aromatic rings. The molecule has 0 radical (unpaired) electrons. The number of aromatic nitrogens is 2. The standard InChI is InChI=1S/C17H16FN3O/c1-22-16-8-7-12(9-15(16)18)17-13(10-19)11-21(20-17)14-5-3-2-4-6-14/h2-9,11H,10,19H2,1H3.